The molecule has 0 saturated heterocycles. The van der Waals surface area contributed by atoms with Crippen molar-refractivity contribution in [2.24, 2.45) is 5.73 Å². The first kappa shape index (κ1) is 15.2. The number of nitrogens with zero attached hydrogens (tertiary/aromatic N) is 2. The minimum Gasteiger partial charge on any atom is -0.326 e. The second-order valence-corrected chi connectivity index (χ2v) is 5.65. The molecule has 98 valence electrons. The van der Waals surface area contributed by atoms with Crippen LogP contribution >= 0.6 is 15.9 Å². The molecule has 1 aromatic carbocycles. The van der Waals surface area contributed by atoms with Crippen molar-refractivity contribution in [3.05, 3.63) is 34.3 Å². The van der Waals surface area contributed by atoms with Crippen LogP contribution in [0.1, 0.15) is 31.9 Å². The van der Waals surface area contributed by atoms with E-state index in [0.717, 1.165) is 4.47 Å². The number of hydrogen-bond acceptors (Lipinski definition) is 3. The minimum absolute atomic E-state index is 0.0114. The van der Waals surface area contributed by atoms with E-state index in [9.17, 15) is 0 Å². The molecule has 0 heterocycles. The maximum atomic E-state index is 8.80. The SMILES string of the molecule is CC(N)C(c1ccc(Br)cc1)N(C)C(C)CC#N. The van der Waals surface area contributed by atoms with Crippen LogP contribution in [0.25, 0.3) is 0 Å². The first-order chi connectivity index (χ1) is 8.47. The summed E-state index contributed by atoms with van der Waals surface area (Å²) in [5.41, 5.74) is 7.29. The molecule has 3 unspecified atom stereocenters. The lowest BCUT2D eigenvalue weighted by Crippen LogP contribution is -2.41. The molecule has 0 radical (unpaired) electrons. The summed E-state index contributed by atoms with van der Waals surface area (Å²) in [5.74, 6) is 0. The van der Waals surface area contributed by atoms with E-state index < -0.39 is 0 Å². The van der Waals surface area contributed by atoms with Crippen LogP contribution in [-0.4, -0.2) is 24.0 Å². The van der Waals surface area contributed by atoms with Crippen molar-refractivity contribution in [2.45, 2.75) is 38.4 Å². The van der Waals surface area contributed by atoms with Gasteiger partial charge in [-0.1, -0.05) is 28.1 Å². The number of nitrogens with two attached hydrogens (primary N) is 1. The van der Waals surface area contributed by atoms with Gasteiger partial charge in [0.2, 0.25) is 0 Å². The molecule has 2 N–H and O–H groups in total. The van der Waals surface area contributed by atoms with Gasteiger partial charge in [0.25, 0.3) is 0 Å². The van der Waals surface area contributed by atoms with Gasteiger partial charge >= 0.3 is 0 Å². The van der Waals surface area contributed by atoms with Crippen LogP contribution in [0.2, 0.25) is 0 Å². The van der Waals surface area contributed by atoms with Gasteiger partial charge in [0, 0.05) is 22.6 Å². The molecule has 0 aromatic heterocycles. The predicted octanol–water partition coefficient (Wildman–Crippen LogP) is 3.07. The van der Waals surface area contributed by atoms with Gasteiger partial charge in [-0.2, -0.15) is 5.26 Å². The fourth-order valence-corrected chi connectivity index (χ4v) is 2.38. The van der Waals surface area contributed by atoms with E-state index in [1.54, 1.807) is 0 Å². The van der Waals surface area contributed by atoms with Crippen molar-refractivity contribution in [2.75, 3.05) is 7.05 Å². The third-order valence-electron chi connectivity index (χ3n) is 3.23. The largest absolute Gasteiger partial charge is 0.326 e. The quantitative estimate of drug-likeness (QED) is 0.909. The Hall–Kier alpha value is -0.890. The first-order valence-corrected chi connectivity index (χ1v) is 6.86. The van der Waals surface area contributed by atoms with Gasteiger partial charge in [-0.25, -0.2) is 0 Å². The topological polar surface area (TPSA) is 53.0 Å². The van der Waals surface area contributed by atoms with E-state index >= 15 is 0 Å². The van der Waals surface area contributed by atoms with Crippen molar-refractivity contribution in [1.82, 2.24) is 4.90 Å². The molecule has 0 aliphatic rings. The summed E-state index contributed by atoms with van der Waals surface area (Å²) in [7, 11) is 2.03. The Bertz CT molecular complexity index is 408. The first-order valence-electron chi connectivity index (χ1n) is 6.07. The highest BCUT2D eigenvalue weighted by Crippen LogP contribution is 2.26. The smallest absolute Gasteiger partial charge is 0.0638 e. The van der Waals surface area contributed by atoms with Crippen LogP contribution in [0.5, 0.6) is 0 Å². The lowest BCUT2D eigenvalue weighted by molar-refractivity contribution is 0.167. The fourth-order valence-electron chi connectivity index (χ4n) is 2.12. The minimum atomic E-state index is 0.0114. The zero-order valence-corrected chi connectivity index (χ0v) is 12.7. The molecule has 4 heteroatoms. The summed E-state index contributed by atoms with van der Waals surface area (Å²) in [6.45, 7) is 4.06. The normalized spacial score (nSPS) is 16.1. The molecule has 0 fully saturated rings. The van der Waals surface area contributed by atoms with Crippen LogP contribution in [0.15, 0.2) is 28.7 Å². The number of halogens is 1. The molecular formula is C14H20BrN3. The van der Waals surface area contributed by atoms with Gasteiger partial charge in [0.1, 0.15) is 0 Å². The van der Waals surface area contributed by atoms with E-state index in [1.807, 2.05) is 26.1 Å². The summed E-state index contributed by atoms with van der Waals surface area (Å²) >= 11 is 3.43. The van der Waals surface area contributed by atoms with Gasteiger partial charge in [0.15, 0.2) is 0 Å². The Kier molecular flexibility index (Phi) is 5.80. The molecule has 0 amide bonds. The molecule has 0 aliphatic carbocycles. The monoisotopic (exact) mass is 309 g/mol. The van der Waals surface area contributed by atoms with Crippen molar-refractivity contribution >= 4 is 15.9 Å². The predicted molar refractivity (Wildman–Crippen MR) is 78.0 cm³/mol. The molecule has 0 spiro atoms. The van der Waals surface area contributed by atoms with Crippen molar-refractivity contribution < 1.29 is 0 Å². The second kappa shape index (κ2) is 6.89. The highest BCUT2D eigenvalue weighted by molar-refractivity contribution is 9.10. The number of nitriles is 1. The van der Waals surface area contributed by atoms with Crippen molar-refractivity contribution in [3.63, 3.8) is 0 Å². The Balaban J connectivity index is 2.96. The summed E-state index contributed by atoms with van der Waals surface area (Å²) in [5, 5.41) is 8.80. The zero-order valence-electron chi connectivity index (χ0n) is 11.1. The molecule has 18 heavy (non-hydrogen) atoms. The molecule has 0 bridgehead atoms. The highest BCUT2D eigenvalue weighted by atomic mass is 79.9. The Morgan fingerprint density at radius 1 is 1.33 bits per heavy atom. The van der Waals surface area contributed by atoms with Crippen LogP contribution in [0.4, 0.5) is 0 Å². The standard InChI is InChI=1S/C14H20BrN3/c1-10(8-9-16)18(3)14(11(2)17)12-4-6-13(15)7-5-12/h4-7,10-11,14H,8,17H2,1-3H3. The molecule has 1 rings (SSSR count). The fraction of sp³-hybridized carbons (Fsp3) is 0.500. The summed E-state index contributed by atoms with van der Waals surface area (Å²) in [4.78, 5) is 2.18. The molecular weight excluding hydrogens is 290 g/mol. The van der Waals surface area contributed by atoms with Crippen LogP contribution in [0.3, 0.4) is 0 Å². The highest BCUT2D eigenvalue weighted by Gasteiger charge is 2.24. The van der Waals surface area contributed by atoms with Crippen LogP contribution in [0, 0.1) is 11.3 Å². The molecule has 0 aliphatic heterocycles. The van der Waals surface area contributed by atoms with Gasteiger partial charge in [-0.05, 0) is 38.6 Å². The van der Waals surface area contributed by atoms with Crippen molar-refractivity contribution in [1.29, 1.82) is 5.26 Å². The zero-order chi connectivity index (χ0) is 13.7. The average molecular weight is 310 g/mol. The average Bonchev–Trinajstić information content (AvgIpc) is 2.31. The number of rotatable bonds is 5. The lowest BCUT2D eigenvalue weighted by atomic mass is 9.98. The van der Waals surface area contributed by atoms with E-state index in [1.165, 1.54) is 5.56 Å². The van der Waals surface area contributed by atoms with E-state index in [0.29, 0.717) is 6.42 Å². The van der Waals surface area contributed by atoms with Crippen LogP contribution < -0.4 is 5.73 Å². The van der Waals surface area contributed by atoms with E-state index in [4.69, 9.17) is 11.0 Å². The molecule has 1 aromatic rings. The van der Waals surface area contributed by atoms with E-state index in [-0.39, 0.29) is 18.1 Å². The number of benzene rings is 1. The van der Waals surface area contributed by atoms with Gasteiger partial charge in [-0.3, -0.25) is 4.90 Å². The Morgan fingerprint density at radius 3 is 2.33 bits per heavy atom. The molecule has 0 saturated carbocycles. The molecule has 3 atom stereocenters. The van der Waals surface area contributed by atoms with Crippen molar-refractivity contribution in [3.8, 4) is 6.07 Å². The maximum absolute atomic E-state index is 8.80. The maximum Gasteiger partial charge on any atom is 0.0638 e. The summed E-state index contributed by atoms with van der Waals surface area (Å²) < 4.78 is 1.06. The summed E-state index contributed by atoms with van der Waals surface area (Å²) in [6.07, 6.45) is 0.510. The molecule has 3 nitrogen and oxygen atoms in total. The number of likely N-dealkylation sites (N-methyl/N-ethyl adjacent to an activating group) is 1. The summed E-state index contributed by atoms with van der Waals surface area (Å²) in [6, 6.07) is 10.7. The Labute approximate surface area is 118 Å². The number of hydrogen-bond donors (Lipinski definition) is 1. The van der Waals surface area contributed by atoms with Gasteiger partial charge in [-0.15, -0.1) is 0 Å². The lowest BCUT2D eigenvalue weighted by Gasteiger charge is -2.35. The van der Waals surface area contributed by atoms with Gasteiger partial charge in [0.05, 0.1) is 12.5 Å². The van der Waals surface area contributed by atoms with Gasteiger partial charge < -0.3 is 5.73 Å². The van der Waals surface area contributed by atoms with E-state index in [2.05, 4.69) is 46.0 Å². The van der Waals surface area contributed by atoms with Crippen LogP contribution in [-0.2, 0) is 0 Å². The third-order valence-corrected chi connectivity index (χ3v) is 3.76. The Morgan fingerprint density at radius 2 is 1.89 bits per heavy atom. The third kappa shape index (κ3) is 3.81. The second-order valence-electron chi connectivity index (χ2n) is 4.73.